The predicted molar refractivity (Wildman–Crippen MR) is 135 cm³/mol. The molecule has 1 unspecified atom stereocenters. The van der Waals surface area contributed by atoms with E-state index in [-0.39, 0.29) is 24.4 Å². The SMILES string of the molecule is Nc1ncnc2c1c1cc(Br)ccc1n2CC(=O)N1[C@@H]2CC2C[C@H]1C(=O)Nc1cccc(Br)n1. The average Bonchev–Trinajstić information content (AvgIpc) is 3.35. The van der Waals surface area contributed by atoms with Crippen molar-refractivity contribution in [2.24, 2.45) is 5.92 Å². The molecule has 3 aromatic heterocycles. The van der Waals surface area contributed by atoms with Crippen LogP contribution in [0.25, 0.3) is 21.9 Å². The third-order valence-electron chi connectivity index (χ3n) is 6.59. The number of pyridine rings is 1. The minimum atomic E-state index is -0.529. The third-order valence-corrected chi connectivity index (χ3v) is 7.52. The molecule has 1 aliphatic heterocycles. The zero-order valence-corrected chi connectivity index (χ0v) is 21.0. The van der Waals surface area contributed by atoms with E-state index in [1.165, 1.54) is 6.33 Å². The number of hydrogen-bond acceptors (Lipinski definition) is 6. The number of piperidine rings is 1. The summed E-state index contributed by atoms with van der Waals surface area (Å²) in [5.74, 6) is 0.839. The number of carbonyl (C=O) groups is 2. The van der Waals surface area contributed by atoms with Gasteiger partial charge in [0.15, 0.2) is 0 Å². The number of anilines is 2. The van der Waals surface area contributed by atoms with Crippen molar-refractivity contribution < 1.29 is 9.59 Å². The van der Waals surface area contributed by atoms with E-state index in [1.807, 2.05) is 22.8 Å². The Kier molecular flexibility index (Phi) is 5.07. The molecule has 3 atom stereocenters. The van der Waals surface area contributed by atoms with E-state index < -0.39 is 6.04 Å². The molecule has 11 heteroatoms. The number of carbonyl (C=O) groups excluding carboxylic acids is 2. The normalized spacial score (nSPS) is 21.1. The van der Waals surface area contributed by atoms with E-state index in [0.29, 0.717) is 39.6 Å². The summed E-state index contributed by atoms with van der Waals surface area (Å²) in [5, 5.41) is 4.45. The van der Waals surface area contributed by atoms with E-state index >= 15 is 0 Å². The molecule has 6 rings (SSSR count). The molecule has 0 spiro atoms. The van der Waals surface area contributed by atoms with Crippen LogP contribution in [0.15, 0.2) is 51.8 Å². The summed E-state index contributed by atoms with van der Waals surface area (Å²) >= 11 is 6.82. The minimum absolute atomic E-state index is 0.0558. The first kappa shape index (κ1) is 21.5. The number of amides is 2. The van der Waals surface area contributed by atoms with Gasteiger partial charge in [-0.25, -0.2) is 15.0 Å². The van der Waals surface area contributed by atoms with Crippen LogP contribution in [0.2, 0.25) is 0 Å². The fourth-order valence-electron chi connectivity index (χ4n) is 5.02. The lowest BCUT2D eigenvalue weighted by Crippen LogP contribution is -2.46. The van der Waals surface area contributed by atoms with Crippen molar-refractivity contribution in [1.29, 1.82) is 0 Å². The average molecular weight is 585 g/mol. The molecule has 2 amide bonds. The van der Waals surface area contributed by atoms with Crippen molar-refractivity contribution >= 4 is 77.2 Å². The van der Waals surface area contributed by atoms with E-state index in [9.17, 15) is 9.59 Å². The van der Waals surface area contributed by atoms with Crippen LogP contribution in [0.1, 0.15) is 12.8 Å². The topological polar surface area (TPSA) is 119 Å². The maximum atomic E-state index is 13.6. The highest BCUT2D eigenvalue weighted by Crippen LogP contribution is 2.48. The fraction of sp³-hybridized carbons (Fsp3) is 0.261. The molecule has 3 N–H and O–H groups in total. The lowest BCUT2D eigenvalue weighted by Gasteiger charge is -2.27. The zero-order chi connectivity index (χ0) is 23.6. The summed E-state index contributed by atoms with van der Waals surface area (Å²) in [6, 6.07) is 10.7. The minimum Gasteiger partial charge on any atom is -0.383 e. The molecule has 9 nitrogen and oxygen atoms in total. The second kappa shape index (κ2) is 8.02. The lowest BCUT2D eigenvalue weighted by molar-refractivity contribution is -0.138. The van der Waals surface area contributed by atoms with Gasteiger partial charge in [0, 0.05) is 15.9 Å². The molecule has 1 aromatic carbocycles. The lowest BCUT2D eigenvalue weighted by atomic mass is 10.1. The summed E-state index contributed by atoms with van der Waals surface area (Å²) in [5.41, 5.74) is 7.61. The largest absolute Gasteiger partial charge is 0.383 e. The number of benzene rings is 1. The monoisotopic (exact) mass is 583 g/mol. The molecule has 0 radical (unpaired) electrons. The van der Waals surface area contributed by atoms with Crippen LogP contribution in [0.5, 0.6) is 0 Å². The number of nitrogens with two attached hydrogens (primary N) is 1. The highest BCUT2D eigenvalue weighted by molar-refractivity contribution is 9.10. The Hall–Kier alpha value is -3.05. The van der Waals surface area contributed by atoms with Crippen LogP contribution in [-0.2, 0) is 16.1 Å². The van der Waals surface area contributed by atoms with Gasteiger partial charge in [-0.3, -0.25) is 9.59 Å². The highest BCUT2D eigenvalue weighted by Gasteiger charge is 2.56. The predicted octanol–water partition coefficient (Wildman–Crippen LogP) is 3.71. The van der Waals surface area contributed by atoms with Crippen LogP contribution in [0.4, 0.5) is 11.6 Å². The molecule has 1 aliphatic carbocycles. The van der Waals surface area contributed by atoms with E-state index in [0.717, 1.165) is 21.8 Å². The molecule has 1 saturated carbocycles. The van der Waals surface area contributed by atoms with Gasteiger partial charge in [-0.1, -0.05) is 22.0 Å². The third kappa shape index (κ3) is 3.54. The first-order valence-corrected chi connectivity index (χ1v) is 12.4. The van der Waals surface area contributed by atoms with Crippen molar-refractivity contribution in [3.05, 3.63) is 51.8 Å². The maximum absolute atomic E-state index is 13.6. The summed E-state index contributed by atoms with van der Waals surface area (Å²) in [4.78, 5) is 41.3. The number of fused-ring (bicyclic) bond motifs is 4. The van der Waals surface area contributed by atoms with Gasteiger partial charge in [0.25, 0.3) is 0 Å². The second-order valence-corrected chi connectivity index (χ2v) is 10.4. The number of rotatable bonds is 4. The zero-order valence-electron chi connectivity index (χ0n) is 17.8. The molecule has 4 aromatic rings. The van der Waals surface area contributed by atoms with Crippen molar-refractivity contribution in [2.45, 2.75) is 31.5 Å². The second-order valence-electron chi connectivity index (χ2n) is 8.66. The Morgan fingerprint density at radius 1 is 1.15 bits per heavy atom. The number of likely N-dealkylation sites (tertiary alicyclic amines) is 1. The van der Waals surface area contributed by atoms with E-state index in [2.05, 4.69) is 52.1 Å². The van der Waals surface area contributed by atoms with Gasteiger partial charge in [0.05, 0.1) is 10.9 Å². The number of nitrogens with zero attached hydrogens (tertiary/aromatic N) is 5. The molecule has 34 heavy (non-hydrogen) atoms. The first-order chi connectivity index (χ1) is 16.4. The quantitative estimate of drug-likeness (QED) is 0.353. The summed E-state index contributed by atoms with van der Waals surface area (Å²) in [7, 11) is 0. The summed E-state index contributed by atoms with van der Waals surface area (Å²) in [6.07, 6.45) is 2.99. The van der Waals surface area contributed by atoms with Crippen molar-refractivity contribution in [1.82, 2.24) is 24.4 Å². The van der Waals surface area contributed by atoms with Gasteiger partial charge in [-0.05, 0) is 65.0 Å². The fourth-order valence-corrected chi connectivity index (χ4v) is 5.73. The van der Waals surface area contributed by atoms with Crippen LogP contribution < -0.4 is 11.1 Å². The molecular weight excluding hydrogens is 566 g/mol. The van der Waals surface area contributed by atoms with Crippen molar-refractivity contribution in [3.63, 3.8) is 0 Å². The Morgan fingerprint density at radius 2 is 2.00 bits per heavy atom. The van der Waals surface area contributed by atoms with Gasteiger partial charge in [-0.15, -0.1) is 0 Å². The Bertz CT molecular complexity index is 1490. The van der Waals surface area contributed by atoms with E-state index in [1.54, 1.807) is 23.1 Å². The van der Waals surface area contributed by atoms with Crippen LogP contribution in [-0.4, -0.2) is 48.3 Å². The van der Waals surface area contributed by atoms with Gasteiger partial charge in [0.2, 0.25) is 11.8 Å². The number of nitrogen functional groups attached to an aromatic ring is 1. The van der Waals surface area contributed by atoms with Crippen LogP contribution in [0, 0.1) is 5.92 Å². The number of aromatic nitrogens is 4. The number of nitrogens with one attached hydrogen (secondary N) is 1. The first-order valence-electron chi connectivity index (χ1n) is 10.8. The maximum Gasteiger partial charge on any atom is 0.248 e. The number of halogens is 2. The van der Waals surface area contributed by atoms with Crippen molar-refractivity contribution in [2.75, 3.05) is 11.1 Å². The summed E-state index contributed by atoms with van der Waals surface area (Å²) in [6.45, 7) is 0.0558. The van der Waals surface area contributed by atoms with Crippen LogP contribution >= 0.6 is 31.9 Å². The standard InChI is InChI=1S/C23H19Br2N7O2/c24-12-4-5-14-13(8-12)20-21(26)27-10-28-22(20)31(14)9-19(33)32-15-6-11(15)7-16(32)23(34)30-18-3-1-2-17(25)29-18/h1-5,8,10-11,15-16H,6-7,9H2,(H2,26,27,28)(H,29,30,34)/t11?,15-,16+/m1/s1. The van der Waals surface area contributed by atoms with Gasteiger partial charge in [-0.2, -0.15) is 0 Å². The smallest absolute Gasteiger partial charge is 0.248 e. The molecule has 4 heterocycles. The van der Waals surface area contributed by atoms with Gasteiger partial charge in [0.1, 0.15) is 40.8 Å². The highest BCUT2D eigenvalue weighted by atomic mass is 79.9. The van der Waals surface area contributed by atoms with Crippen molar-refractivity contribution in [3.8, 4) is 0 Å². The number of hydrogen-bond donors (Lipinski definition) is 2. The molecule has 1 saturated heterocycles. The van der Waals surface area contributed by atoms with E-state index in [4.69, 9.17) is 5.73 Å². The Balaban J connectivity index is 1.32. The van der Waals surface area contributed by atoms with Gasteiger partial charge < -0.3 is 20.5 Å². The molecule has 0 bridgehead atoms. The Labute approximate surface area is 211 Å². The molecule has 2 fully saturated rings. The molecular formula is C23H19Br2N7O2. The molecule has 172 valence electrons. The molecule has 2 aliphatic rings. The van der Waals surface area contributed by atoms with Gasteiger partial charge >= 0.3 is 0 Å². The van der Waals surface area contributed by atoms with Crippen LogP contribution in [0.3, 0.4) is 0 Å². The Morgan fingerprint density at radius 3 is 2.82 bits per heavy atom. The summed E-state index contributed by atoms with van der Waals surface area (Å²) < 4.78 is 3.39.